The smallest absolute Gasteiger partial charge is 0.323 e. The van der Waals surface area contributed by atoms with Gasteiger partial charge in [0.1, 0.15) is 23.6 Å². The number of amides is 1. The summed E-state index contributed by atoms with van der Waals surface area (Å²) in [5.41, 5.74) is 2.26. The Hall–Kier alpha value is -4.52. The fourth-order valence-electron chi connectivity index (χ4n) is 5.76. The van der Waals surface area contributed by atoms with Gasteiger partial charge in [-0.2, -0.15) is 8.42 Å². The van der Waals surface area contributed by atoms with E-state index in [9.17, 15) is 42.4 Å². The van der Waals surface area contributed by atoms with E-state index in [1.807, 2.05) is 53.1 Å². The molecule has 0 bridgehead atoms. The third-order valence-electron chi connectivity index (χ3n) is 8.05. The molecule has 5 rings (SSSR count). The molecule has 2 aliphatic rings. The topological polar surface area (TPSA) is 187 Å². The van der Waals surface area contributed by atoms with Crippen LogP contribution in [0.5, 0.6) is 0 Å². The highest BCUT2D eigenvalue weighted by molar-refractivity contribution is 7.85. The zero-order valence-corrected chi connectivity index (χ0v) is 31.9. The van der Waals surface area contributed by atoms with Crippen molar-refractivity contribution in [2.45, 2.75) is 32.7 Å². The summed E-state index contributed by atoms with van der Waals surface area (Å²) in [6.45, 7) is 1.20. The van der Waals surface area contributed by atoms with Gasteiger partial charge in [-0.25, -0.2) is 0 Å². The van der Waals surface area contributed by atoms with Crippen LogP contribution in [0.15, 0.2) is 70.8 Å². The number of anilines is 2. The molecule has 1 saturated heterocycles. The second kappa shape index (κ2) is 16.7. The zero-order valence-electron chi connectivity index (χ0n) is 27.9. The minimum Gasteiger partial charge on any atom is -0.480 e. The van der Waals surface area contributed by atoms with Crippen LogP contribution in [-0.4, -0.2) is 81.1 Å². The number of benzene rings is 2. The van der Waals surface area contributed by atoms with Crippen LogP contribution in [0, 0.1) is 0 Å². The van der Waals surface area contributed by atoms with Gasteiger partial charge in [0.15, 0.2) is 0 Å². The Kier molecular flexibility index (Phi) is 12.5. The molecule has 53 heavy (non-hydrogen) atoms. The summed E-state index contributed by atoms with van der Waals surface area (Å²) in [5.74, 6) is -3.81. The molecule has 1 fully saturated rings. The van der Waals surface area contributed by atoms with Crippen molar-refractivity contribution in [3.63, 3.8) is 0 Å². The van der Waals surface area contributed by atoms with Crippen LogP contribution >= 0.6 is 46.8 Å². The van der Waals surface area contributed by atoms with Crippen LogP contribution in [-0.2, 0) is 42.2 Å². The number of halogens is 2. The van der Waals surface area contributed by atoms with E-state index in [0.717, 1.165) is 32.8 Å². The minimum absolute atomic E-state index is 0.0658. The molecule has 1 aromatic heterocycles. The van der Waals surface area contributed by atoms with Crippen LogP contribution in [0.25, 0.3) is 11.8 Å². The fourth-order valence-corrected chi connectivity index (χ4v) is 7.97. The molecule has 0 spiro atoms. The highest BCUT2D eigenvalue weighted by atomic mass is 35.5. The molecule has 19 heteroatoms. The van der Waals surface area contributed by atoms with Gasteiger partial charge in [-0.1, -0.05) is 59.6 Å². The van der Waals surface area contributed by atoms with Crippen molar-refractivity contribution in [1.29, 1.82) is 0 Å². The van der Waals surface area contributed by atoms with Crippen molar-refractivity contribution >= 4 is 103 Å². The third kappa shape index (κ3) is 9.35. The van der Waals surface area contributed by atoms with E-state index in [4.69, 9.17) is 40.2 Å². The highest BCUT2D eigenvalue weighted by Crippen LogP contribution is 2.45. The summed E-state index contributed by atoms with van der Waals surface area (Å²) in [6.07, 6.45) is 6.11. The van der Waals surface area contributed by atoms with Crippen LogP contribution in [0.2, 0.25) is 10.0 Å². The Labute approximate surface area is 322 Å². The Bertz CT molecular complexity index is 2340. The van der Waals surface area contributed by atoms with Crippen molar-refractivity contribution in [3.8, 4) is 0 Å². The monoisotopic (exact) mass is 822 g/mol. The van der Waals surface area contributed by atoms with Crippen molar-refractivity contribution in [1.82, 2.24) is 9.47 Å². The molecule has 0 atom stereocenters. The number of thiocarbonyl (C=S) groups is 1. The molecule has 0 saturated carbocycles. The first-order valence-corrected chi connectivity index (χ1v) is 19.5. The van der Waals surface area contributed by atoms with Crippen LogP contribution in [0.4, 0.5) is 11.4 Å². The first-order chi connectivity index (χ1) is 25.1. The fraction of sp³-hybridized carbons (Fsp3) is 0.265. The second-order valence-corrected chi connectivity index (χ2v) is 15.5. The number of fused-ring (bicyclic) bond motifs is 1. The molecule has 0 radical (unpaired) electrons. The van der Waals surface area contributed by atoms with Gasteiger partial charge in [-0.3, -0.25) is 33.2 Å². The Morgan fingerprint density at radius 3 is 2.21 bits per heavy atom. The van der Waals surface area contributed by atoms with E-state index in [1.54, 1.807) is 24.3 Å². The minimum atomic E-state index is -4.15. The number of carbonyl (C=O) groups is 3. The summed E-state index contributed by atoms with van der Waals surface area (Å²) in [7, 11) is -4.15. The van der Waals surface area contributed by atoms with Gasteiger partial charge in [0, 0.05) is 13.1 Å². The van der Waals surface area contributed by atoms with Crippen molar-refractivity contribution in [2.75, 3.05) is 35.2 Å². The number of thiazole rings is 1. The SMILES string of the molecule is CCN1C(=CC=C(C=c2s/c(=C3/OC(=S)N(CC(=O)O)C3=O)n(CC(=O)O)c2=O)Cc2ccccc2)N(CCCCS(=O)(=O)O)c2cc(Cl)c(Cl)cc21. The van der Waals surface area contributed by atoms with Crippen LogP contribution < -0.4 is 24.6 Å². The normalized spacial score (nSPS) is 16.9. The molecule has 0 aliphatic carbocycles. The summed E-state index contributed by atoms with van der Waals surface area (Å²) >= 11 is 18.7. The number of carboxylic acid groups (broad SMARTS) is 2. The number of carboxylic acids is 2. The average Bonchev–Trinajstić information content (AvgIpc) is 3.65. The standard InChI is InChI=1S/C34H32Cl2N4O10S3/c1-2-37-24-16-22(35)23(36)17-25(24)38(12-6-7-13-53(47,48)49)27(37)11-10-21(14-20-8-4-3-5-9-20)15-26-31(45)39(18-28(41)42)33(52-26)30-32(46)40(19-29(43)44)34(51)50-30/h3-5,8-11,15-17H,2,6-7,12-14,18-19H2,1H3,(H,41,42)(H,43,44)(H,47,48,49)/b21-10?,26-15?,27-11?,33-30+. The summed E-state index contributed by atoms with van der Waals surface area (Å²) in [4.78, 5) is 54.7. The lowest BCUT2D eigenvalue weighted by Crippen LogP contribution is -2.36. The first kappa shape index (κ1) is 39.7. The van der Waals surface area contributed by atoms with Crippen molar-refractivity contribution in [2.24, 2.45) is 0 Å². The second-order valence-electron chi connectivity index (χ2n) is 11.8. The summed E-state index contributed by atoms with van der Waals surface area (Å²) in [6, 6.07) is 12.8. The predicted molar refractivity (Wildman–Crippen MR) is 205 cm³/mol. The first-order valence-electron chi connectivity index (χ1n) is 15.9. The van der Waals surface area contributed by atoms with E-state index in [1.165, 1.54) is 0 Å². The average molecular weight is 824 g/mol. The number of hydrogen-bond acceptors (Lipinski definition) is 11. The molecule has 0 unspecified atom stereocenters. The van der Waals surface area contributed by atoms with Crippen molar-refractivity contribution in [3.05, 3.63) is 101 Å². The van der Waals surface area contributed by atoms with Crippen molar-refractivity contribution < 1.29 is 42.3 Å². The van der Waals surface area contributed by atoms with Gasteiger partial charge in [-0.05, 0) is 73.8 Å². The number of allylic oxidation sites excluding steroid dienone is 3. The van der Waals surface area contributed by atoms with Gasteiger partial charge in [0.2, 0.25) is 5.76 Å². The molecular weight excluding hydrogens is 791 g/mol. The number of ether oxygens (including phenoxy) is 1. The molecule has 2 aromatic carbocycles. The number of carbonyl (C=O) groups excluding carboxylic acids is 1. The molecular formula is C34H32Cl2N4O10S3. The van der Waals surface area contributed by atoms with E-state index in [-0.39, 0.29) is 15.6 Å². The number of aliphatic carboxylic acids is 2. The van der Waals surface area contributed by atoms with E-state index >= 15 is 0 Å². The Morgan fingerprint density at radius 1 is 0.962 bits per heavy atom. The highest BCUT2D eigenvalue weighted by Gasteiger charge is 2.37. The third-order valence-corrected chi connectivity index (χ3v) is 11.0. The lowest BCUT2D eigenvalue weighted by atomic mass is 10.0. The van der Waals surface area contributed by atoms with Gasteiger partial charge < -0.3 is 24.7 Å². The van der Waals surface area contributed by atoms with Gasteiger partial charge in [0.05, 0.1) is 31.7 Å². The quantitative estimate of drug-likeness (QED) is 0.122. The van der Waals surface area contributed by atoms with Gasteiger partial charge in [-0.15, -0.1) is 11.3 Å². The Balaban J connectivity index is 1.67. The summed E-state index contributed by atoms with van der Waals surface area (Å²) in [5, 5.41) is 19.1. The molecule has 14 nitrogen and oxygen atoms in total. The molecule has 1 amide bonds. The van der Waals surface area contributed by atoms with E-state index in [0.29, 0.717) is 52.3 Å². The molecule has 3 N–H and O–H groups in total. The Morgan fingerprint density at radius 2 is 1.60 bits per heavy atom. The maximum Gasteiger partial charge on any atom is 0.323 e. The van der Waals surface area contributed by atoms with E-state index in [2.05, 4.69) is 0 Å². The molecule has 3 aromatic rings. The van der Waals surface area contributed by atoms with Gasteiger partial charge in [0.25, 0.3) is 20.9 Å². The summed E-state index contributed by atoms with van der Waals surface area (Å²) < 4.78 is 38.2. The lowest BCUT2D eigenvalue weighted by molar-refractivity contribution is -0.140. The largest absolute Gasteiger partial charge is 0.480 e. The predicted octanol–water partition coefficient (Wildman–Crippen LogP) is 3.44. The van der Waals surface area contributed by atoms with Crippen LogP contribution in [0.3, 0.4) is 0 Å². The van der Waals surface area contributed by atoms with Gasteiger partial charge >= 0.3 is 17.8 Å². The maximum absolute atomic E-state index is 13.8. The van der Waals surface area contributed by atoms with Crippen LogP contribution in [0.1, 0.15) is 25.3 Å². The molecule has 280 valence electrons. The maximum atomic E-state index is 13.8. The number of hydrogen-bond donors (Lipinski definition) is 3. The number of unbranched alkanes of at least 4 members (excludes halogenated alkanes) is 1. The number of aromatic nitrogens is 1. The number of rotatable bonds is 14. The molecule has 3 heterocycles. The zero-order chi connectivity index (χ0) is 38.6. The van der Waals surface area contributed by atoms with E-state index < -0.39 is 63.3 Å². The molecule has 2 aliphatic heterocycles. The number of nitrogens with zero attached hydrogens (tertiary/aromatic N) is 4. The lowest BCUT2D eigenvalue weighted by Gasteiger charge is -2.24.